The number of nitrogens with zero attached hydrogens (tertiary/aromatic N) is 1. The Hall–Kier alpha value is -0.180. The van der Waals surface area contributed by atoms with Gasteiger partial charge in [-0.05, 0) is 31.6 Å². The van der Waals surface area contributed by atoms with E-state index in [4.69, 9.17) is 4.99 Å². The van der Waals surface area contributed by atoms with Gasteiger partial charge in [-0.3, -0.25) is 4.99 Å². The normalized spacial score (nSPS) is 34.9. The SMILES string of the molecule is CCC1(CC)CSC(=NC2CCCC(C)C2)N1. The van der Waals surface area contributed by atoms with Gasteiger partial charge in [-0.2, -0.15) is 0 Å². The molecule has 2 fully saturated rings. The number of hydrogen-bond acceptors (Lipinski definition) is 2. The van der Waals surface area contributed by atoms with Crippen LogP contribution in [0.4, 0.5) is 0 Å². The third-order valence-corrected chi connectivity index (χ3v) is 5.60. The molecule has 1 aliphatic carbocycles. The van der Waals surface area contributed by atoms with E-state index in [1.54, 1.807) is 0 Å². The summed E-state index contributed by atoms with van der Waals surface area (Å²) in [6.07, 6.45) is 7.75. The Kier molecular flexibility index (Phi) is 4.40. The van der Waals surface area contributed by atoms with E-state index in [1.807, 2.05) is 11.8 Å². The fourth-order valence-electron chi connectivity index (χ4n) is 2.89. The quantitative estimate of drug-likeness (QED) is 0.828. The van der Waals surface area contributed by atoms with E-state index in [0.29, 0.717) is 11.6 Å². The van der Waals surface area contributed by atoms with Crippen molar-refractivity contribution in [1.82, 2.24) is 5.32 Å². The van der Waals surface area contributed by atoms with Crippen LogP contribution in [0.15, 0.2) is 4.99 Å². The number of rotatable bonds is 3. The molecule has 1 heterocycles. The number of aliphatic imine (C=N–C) groups is 1. The largest absolute Gasteiger partial charge is 0.359 e. The lowest BCUT2D eigenvalue weighted by atomic mass is 9.87. The molecule has 1 saturated carbocycles. The van der Waals surface area contributed by atoms with Gasteiger partial charge in [0.1, 0.15) is 0 Å². The van der Waals surface area contributed by atoms with Crippen LogP contribution in [-0.2, 0) is 0 Å². The van der Waals surface area contributed by atoms with Crippen molar-refractivity contribution in [2.24, 2.45) is 10.9 Å². The number of thioether (sulfide) groups is 1. The van der Waals surface area contributed by atoms with Crippen molar-refractivity contribution in [1.29, 1.82) is 0 Å². The summed E-state index contributed by atoms with van der Waals surface area (Å²) in [4.78, 5) is 4.95. The minimum atomic E-state index is 0.323. The summed E-state index contributed by atoms with van der Waals surface area (Å²) in [5, 5.41) is 4.89. The van der Waals surface area contributed by atoms with Gasteiger partial charge >= 0.3 is 0 Å². The summed E-state index contributed by atoms with van der Waals surface area (Å²) in [5.74, 6) is 2.06. The van der Waals surface area contributed by atoms with E-state index in [1.165, 1.54) is 49.4 Å². The van der Waals surface area contributed by atoms with Gasteiger partial charge in [0.05, 0.1) is 6.04 Å². The molecule has 2 nitrogen and oxygen atoms in total. The van der Waals surface area contributed by atoms with E-state index in [2.05, 4.69) is 26.1 Å². The van der Waals surface area contributed by atoms with Crippen LogP contribution in [0.2, 0.25) is 0 Å². The lowest BCUT2D eigenvalue weighted by Gasteiger charge is -2.26. The Balaban J connectivity index is 1.95. The molecule has 1 N–H and O–H groups in total. The molecule has 0 aromatic rings. The molecular weight excluding hydrogens is 228 g/mol. The van der Waals surface area contributed by atoms with Crippen LogP contribution < -0.4 is 5.32 Å². The fourth-order valence-corrected chi connectivity index (χ4v) is 4.30. The third-order valence-electron chi connectivity index (χ3n) is 4.42. The molecule has 1 saturated heterocycles. The van der Waals surface area contributed by atoms with Crippen molar-refractivity contribution in [2.45, 2.75) is 70.9 Å². The van der Waals surface area contributed by atoms with Crippen LogP contribution in [0.3, 0.4) is 0 Å². The van der Waals surface area contributed by atoms with Crippen molar-refractivity contribution >= 4 is 16.9 Å². The molecule has 0 radical (unpaired) electrons. The molecule has 0 bridgehead atoms. The highest BCUT2D eigenvalue weighted by atomic mass is 32.2. The summed E-state index contributed by atoms with van der Waals surface area (Å²) in [5.41, 5.74) is 0.323. The molecule has 2 atom stereocenters. The Labute approximate surface area is 110 Å². The van der Waals surface area contributed by atoms with Crippen LogP contribution >= 0.6 is 11.8 Å². The maximum Gasteiger partial charge on any atom is 0.157 e. The van der Waals surface area contributed by atoms with Gasteiger partial charge in [-0.25, -0.2) is 0 Å². The molecule has 0 aromatic carbocycles. The first-order chi connectivity index (χ1) is 8.17. The number of amidine groups is 1. The van der Waals surface area contributed by atoms with Crippen LogP contribution in [0.25, 0.3) is 0 Å². The Morgan fingerprint density at radius 2 is 2.12 bits per heavy atom. The zero-order valence-corrected chi connectivity index (χ0v) is 12.3. The Morgan fingerprint density at radius 3 is 2.71 bits per heavy atom. The molecule has 0 spiro atoms. The van der Waals surface area contributed by atoms with Crippen molar-refractivity contribution in [3.8, 4) is 0 Å². The zero-order valence-electron chi connectivity index (χ0n) is 11.5. The van der Waals surface area contributed by atoms with Gasteiger partial charge in [0.15, 0.2) is 5.17 Å². The van der Waals surface area contributed by atoms with E-state index >= 15 is 0 Å². The standard InChI is InChI=1S/C14H26N2S/c1-4-14(5-2)10-17-13(16-14)15-12-8-6-7-11(3)9-12/h11-12H,4-10H2,1-3H3,(H,15,16). The highest BCUT2D eigenvalue weighted by molar-refractivity contribution is 8.14. The van der Waals surface area contributed by atoms with Gasteiger partial charge in [0.25, 0.3) is 0 Å². The van der Waals surface area contributed by atoms with Crippen LogP contribution in [-0.4, -0.2) is 22.5 Å². The average Bonchev–Trinajstić information content (AvgIpc) is 2.73. The first-order valence-corrected chi connectivity index (χ1v) is 8.15. The lowest BCUT2D eigenvalue weighted by Crippen LogP contribution is -2.42. The maximum absolute atomic E-state index is 4.95. The van der Waals surface area contributed by atoms with Crippen molar-refractivity contribution < 1.29 is 0 Å². The molecular formula is C14H26N2S. The molecule has 0 amide bonds. The topological polar surface area (TPSA) is 24.4 Å². The molecule has 3 heteroatoms. The summed E-state index contributed by atoms with van der Waals surface area (Å²) < 4.78 is 0. The van der Waals surface area contributed by atoms with Crippen LogP contribution in [0, 0.1) is 5.92 Å². The first kappa shape index (κ1) is 13.3. The first-order valence-electron chi connectivity index (χ1n) is 7.16. The second-order valence-corrected chi connectivity index (χ2v) is 6.73. The molecule has 2 rings (SSSR count). The van der Waals surface area contributed by atoms with E-state index in [9.17, 15) is 0 Å². The van der Waals surface area contributed by atoms with Gasteiger partial charge < -0.3 is 5.32 Å². The van der Waals surface area contributed by atoms with Crippen molar-refractivity contribution in [3.05, 3.63) is 0 Å². The number of nitrogens with one attached hydrogen (secondary N) is 1. The smallest absolute Gasteiger partial charge is 0.157 e. The van der Waals surface area contributed by atoms with Crippen LogP contribution in [0.5, 0.6) is 0 Å². The highest BCUT2D eigenvalue weighted by Crippen LogP contribution is 2.31. The molecule has 2 aliphatic rings. The van der Waals surface area contributed by atoms with Crippen molar-refractivity contribution in [3.63, 3.8) is 0 Å². The average molecular weight is 254 g/mol. The Bertz CT molecular complexity index is 284. The van der Waals surface area contributed by atoms with Gasteiger partial charge in [0, 0.05) is 11.3 Å². The number of hydrogen-bond donors (Lipinski definition) is 1. The van der Waals surface area contributed by atoms with Gasteiger partial charge in [-0.1, -0.05) is 45.4 Å². The summed E-state index contributed by atoms with van der Waals surface area (Å²) >= 11 is 1.93. The molecule has 2 unspecified atom stereocenters. The molecule has 1 aliphatic heterocycles. The predicted molar refractivity (Wildman–Crippen MR) is 77.8 cm³/mol. The summed E-state index contributed by atoms with van der Waals surface area (Å²) in [7, 11) is 0. The summed E-state index contributed by atoms with van der Waals surface area (Å²) in [6, 6.07) is 0.582. The van der Waals surface area contributed by atoms with Gasteiger partial charge in [0.2, 0.25) is 0 Å². The predicted octanol–water partition coefficient (Wildman–Crippen LogP) is 3.82. The van der Waals surface area contributed by atoms with Crippen LogP contribution in [0.1, 0.15) is 59.3 Å². The van der Waals surface area contributed by atoms with Gasteiger partial charge in [-0.15, -0.1) is 0 Å². The maximum atomic E-state index is 4.95. The Morgan fingerprint density at radius 1 is 1.35 bits per heavy atom. The van der Waals surface area contributed by atoms with Crippen molar-refractivity contribution in [2.75, 3.05) is 5.75 Å². The fraction of sp³-hybridized carbons (Fsp3) is 0.929. The summed E-state index contributed by atoms with van der Waals surface area (Å²) in [6.45, 7) is 6.93. The second-order valence-electron chi connectivity index (χ2n) is 5.76. The monoisotopic (exact) mass is 254 g/mol. The molecule has 17 heavy (non-hydrogen) atoms. The highest BCUT2D eigenvalue weighted by Gasteiger charge is 2.34. The van der Waals surface area contributed by atoms with E-state index in [-0.39, 0.29) is 0 Å². The zero-order chi connectivity index (χ0) is 12.3. The van der Waals surface area contributed by atoms with E-state index in [0.717, 1.165) is 5.92 Å². The van der Waals surface area contributed by atoms with E-state index < -0.39 is 0 Å². The minimum absolute atomic E-state index is 0.323. The third kappa shape index (κ3) is 3.18. The lowest BCUT2D eigenvalue weighted by molar-refractivity contribution is 0.344. The molecule has 98 valence electrons. The second kappa shape index (κ2) is 5.64. The minimum Gasteiger partial charge on any atom is -0.359 e. The molecule has 0 aromatic heterocycles.